The normalized spacial score (nSPS) is 18.1. The SMILES string of the molecule is CC(C)(C)OC(=O)N[C@@H](Cc1cccc(Br)c1)C(=O)N1CC[C@H](C(=O)O)C1. The number of alkyl carbamates (subject to hydrolysis) is 1. The highest BCUT2D eigenvalue weighted by molar-refractivity contribution is 9.10. The van der Waals surface area contributed by atoms with E-state index in [4.69, 9.17) is 9.84 Å². The van der Waals surface area contributed by atoms with Crippen LogP contribution in [0, 0.1) is 5.92 Å². The molecule has 1 aromatic carbocycles. The molecule has 148 valence electrons. The Bertz CT molecular complexity index is 716. The Morgan fingerprint density at radius 2 is 2.07 bits per heavy atom. The van der Waals surface area contributed by atoms with Gasteiger partial charge >= 0.3 is 12.1 Å². The van der Waals surface area contributed by atoms with E-state index in [1.165, 1.54) is 4.90 Å². The smallest absolute Gasteiger partial charge is 0.408 e. The van der Waals surface area contributed by atoms with Gasteiger partial charge in [0.05, 0.1) is 5.92 Å². The first kappa shape index (κ1) is 21.2. The van der Waals surface area contributed by atoms with Crippen LogP contribution < -0.4 is 5.32 Å². The van der Waals surface area contributed by atoms with Crippen LogP contribution in [0.2, 0.25) is 0 Å². The molecule has 0 bridgehead atoms. The van der Waals surface area contributed by atoms with Crippen LogP contribution in [0.5, 0.6) is 0 Å². The predicted molar refractivity (Wildman–Crippen MR) is 103 cm³/mol. The summed E-state index contributed by atoms with van der Waals surface area (Å²) in [7, 11) is 0. The highest BCUT2D eigenvalue weighted by atomic mass is 79.9. The number of rotatable bonds is 5. The third kappa shape index (κ3) is 6.53. The number of halogens is 1. The Labute approximate surface area is 167 Å². The summed E-state index contributed by atoms with van der Waals surface area (Å²) >= 11 is 3.40. The summed E-state index contributed by atoms with van der Waals surface area (Å²) in [5, 5.41) is 11.8. The highest BCUT2D eigenvalue weighted by Gasteiger charge is 2.35. The van der Waals surface area contributed by atoms with E-state index in [0.717, 1.165) is 10.0 Å². The zero-order valence-electron chi connectivity index (χ0n) is 15.7. The van der Waals surface area contributed by atoms with Crippen LogP contribution >= 0.6 is 15.9 Å². The number of carboxylic acid groups (broad SMARTS) is 1. The van der Waals surface area contributed by atoms with Gasteiger partial charge in [0.1, 0.15) is 11.6 Å². The molecule has 1 heterocycles. The molecule has 2 amide bonds. The second kappa shape index (κ2) is 8.73. The first-order valence-electron chi connectivity index (χ1n) is 8.80. The molecule has 2 atom stereocenters. The zero-order chi connectivity index (χ0) is 20.2. The summed E-state index contributed by atoms with van der Waals surface area (Å²) in [6.45, 7) is 5.75. The second-order valence-corrected chi connectivity index (χ2v) is 8.56. The molecule has 1 aliphatic rings. The van der Waals surface area contributed by atoms with Gasteiger partial charge in [0, 0.05) is 24.0 Å². The van der Waals surface area contributed by atoms with E-state index in [9.17, 15) is 14.4 Å². The van der Waals surface area contributed by atoms with E-state index in [-0.39, 0.29) is 18.9 Å². The summed E-state index contributed by atoms with van der Waals surface area (Å²) < 4.78 is 6.15. The van der Waals surface area contributed by atoms with Crippen molar-refractivity contribution in [3.05, 3.63) is 34.3 Å². The number of carbonyl (C=O) groups excluding carboxylic acids is 2. The van der Waals surface area contributed by atoms with Crippen molar-refractivity contribution in [2.45, 2.75) is 45.3 Å². The molecule has 1 saturated heterocycles. The number of ether oxygens (including phenoxy) is 1. The molecule has 0 saturated carbocycles. The monoisotopic (exact) mass is 440 g/mol. The molecule has 27 heavy (non-hydrogen) atoms. The second-order valence-electron chi connectivity index (χ2n) is 7.64. The van der Waals surface area contributed by atoms with Gasteiger partial charge in [0.25, 0.3) is 0 Å². The molecule has 0 aliphatic carbocycles. The van der Waals surface area contributed by atoms with Crippen LogP contribution in [0.25, 0.3) is 0 Å². The van der Waals surface area contributed by atoms with E-state index in [1.807, 2.05) is 24.3 Å². The number of amides is 2. The van der Waals surface area contributed by atoms with Crippen LogP contribution in [-0.2, 0) is 20.7 Å². The number of nitrogens with one attached hydrogen (secondary N) is 1. The zero-order valence-corrected chi connectivity index (χ0v) is 17.3. The van der Waals surface area contributed by atoms with Gasteiger partial charge in [0.2, 0.25) is 5.91 Å². The maximum absolute atomic E-state index is 13.0. The van der Waals surface area contributed by atoms with Crippen molar-refractivity contribution in [3.8, 4) is 0 Å². The van der Waals surface area contributed by atoms with Gasteiger partial charge in [-0.3, -0.25) is 9.59 Å². The van der Waals surface area contributed by atoms with Crippen LogP contribution in [-0.4, -0.2) is 52.7 Å². The summed E-state index contributed by atoms with van der Waals surface area (Å²) in [4.78, 5) is 37.8. The van der Waals surface area contributed by atoms with Gasteiger partial charge < -0.3 is 20.1 Å². The average Bonchev–Trinajstić information content (AvgIpc) is 3.02. The topological polar surface area (TPSA) is 95.9 Å². The molecule has 8 heteroatoms. The maximum Gasteiger partial charge on any atom is 0.408 e. The van der Waals surface area contributed by atoms with Crippen LogP contribution in [0.15, 0.2) is 28.7 Å². The first-order chi connectivity index (χ1) is 12.5. The molecule has 1 aromatic rings. The van der Waals surface area contributed by atoms with Crippen molar-refractivity contribution in [3.63, 3.8) is 0 Å². The molecule has 1 fully saturated rings. The summed E-state index contributed by atoms with van der Waals surface area (Å²) in [5.74, 6) is -1.78. The Morgan fingerprint density at radius 1 is 1.37 bits per heavy atom. The number of hydrogen-bond donors (Lipinski definition) is 2. The van der Waals surface area contributed by atoms with Crippen LogP contribution in [0.4, 0.5) is 4.79 Å². The van der Waals surface area contributed by atoms with Crippen molar-refractivity contribution in [2.24, 2.45) is 5.92 Å². The van der Waals surface area contributed by atoms with E-state index in [1.54, 1.807) is 20.8 Å². The molecule has 0 unspecified atom stereocenters. The molecule has 0 aromatic heterocycles. The fourth-order valence-electron chi connectivity index (χ4n) is 2.93. The van der Waals surface area contributed by atoms with E-state index in [2.05, 4.69) is 21.2 Å². The van der Waals surface area contributed by atoms with Crippen molar-refractivity contribution in [1.29, 1.82) is 0 Å². The lowest BCUT2D eigenvalue weighted by Crippen LogP contribution is -2.50. The summed E-state index contributed by atoms with van der Waals surface area (Å²) in [6, 6.07) is 6.64. The minimum atomic E-state index is -0.908. The quantitative estimate of drug-likeness (QED) is 0.733. The minimum Gasteiger partial charge on any atom is -0.481 e. The molecular weight excluding hydrogens is 416 g/mol. The van der Waals surface area contributed by atoms with Crippen LogP contribution in [0.3, 0.4) is 0 Å². The number of benzene rings is 1. The third-order valence-electron chi connectivity index (χ3n) is 4.17. The number of likely N-dealkylation sites (tertiary alicyclic amines) is 1. The lowest BCUT2D eigenvalue weighted by Gasteiger charge is -2.26. The third-order valence-corrected chi connectivity index (χ3v) is 4.66. The molecule has 0 radical (unpaired) electrons. The van der Waals surface area contributed by atoms with E-state index in [0.29, 0.717) is 13.0 Å². The van der Waals surface area contributed by atoms with Crippen LogP contribution in [0.1, 0.15) is 32.8 Å². The van der Waals surface area contributed by atoms with Gasteiger partial charge in [-0.05, 0) is 44.9 Å². The fourth-order valence-corrected chi connectivity index (χ4v) is 3.38. The number of nitrogens with zero attached hydrogens (tertiary/aromatic N) is 1. The molecule has 1 aliphatic heterocycles. The Hall–Kier alpha value is -2.09. The standard InChI is InChI=1S/C19H25BrN2O5/c1-19(2,3)27-18(26)21-15(10-12-5-4-6-14(20)9-12)16(23)22-8-7-13(11-22)17(24)25/h4-6,9,13,15H,7-8,10-11H2,1-3H3,(H,21,26)(H,24,25)/t13-,15-/m0/s1. The largest absolute Gasteiger partial charge is 0.481 e. The Kier molecular flexibility index (Phi) is 6.86. The molecule has 2 rings (SSSR count). The van der Waals surface area contributed by atoms with Gasteiger partial charge in [-0.25, -0.2) is 4.79 Å². The van der Waals surface area contributed by atoms with Gasteiger partial charge in [-0.15, -0.1) is 0 Å². The minimum absolute atomic E-state index is 0.152. The van der Waals surface area contributed by atoms with Crippen molar-refractivity contribution in [2.75, 3.05) is 13.1 Å². The molecule has 7 nitrogen and oxygen atoms in total. The van der Waals surface area contributed by atoms with Gasteiger partial charge in [-0.2, -0.15) is 0 Å². The summed E-state index contributed by atoms with van der Waals surface area (Å²) in [5.41, 5.74) is 0.183. The maximum atomic E-state index is 13.0. The molecule has 0 spiro atoms. The number of aliphatic carboxylic acids is 1. The number of carboxylic acids is 1. The molecule has 2 N–H and O–H groups in total. The van der Waals surface area contributed by atoms with E-state index >= 15 is 0 Å². The predicted octanol–water partition coefficient (Wildman–Crippen LogP) is 2.82. The highest BCUT2D eigenvalue weighted by Crippen LogP contribution is 2.19. The Balaban J connectivity index is 2.14. The Morgan fingerprint density at radius 3 is 2.63 bits per heavy atom. The fraction of sp³-hybridized carbons (Fsp3) is 0.526. The van der Waals surface area contributed by atoms with Crippen molar-refractivity contribution < 1.29 is 24.2 Å². The first-order valence-corrected chi connectivity index (χ1v) is 9.60. The van der Waals surface area contributed by atoms with Crippen molar-refractivity contribution >= 4 is 33.9 Å². The lowest BCUT2D eigenvalue weighted by molar-refractivity contribution is -0.141. The number of hydrogen-bond acceptors (Lipinski definition) is 4. The van der Waals surface area contributed by atoms with Crippen molar-refractivity contribution in [1.82, 2.24) is 10.2 Å². The average molecular weight is 441 g/mol. The lowest BCUT2D eigenvalue weighted by atomic mass is 10.0. The number of carbonyl (C=O) groups is 3. The van der Waals surface area contributed by atoms with Gasteiger partial charge in [-0.1, -0.05) is 28.1 Å². The summed E-state index contributed by atoms with van der Waals surface area (Å²) in [6.07, 6.45) is 0.0212. The van der Waals surface area contributed by atoms with Gasteiger partial charge in [0.15, 0.2) is 0 Å². The molecular formula is C19H25BrN2O5. The van der Waals surface area contributed by atoms with E-state index < -0.39 is 29.6 Å².